The number of carbonyl (C=O) groups excluding carboxylic acids is 1. The van der Waals surface area contributed by atoms with Gasteiger partial charge in [-0.2, -0.15) is 0 Å². The number of hydrogen-bond donors (Lipinski definition) is 2. The van der Waals surface area contributed by atoms with Crippen molar-refractivity contribution in [2.45, 2.75) is 25.4 Å². The number of rotatable bonds is 5. The molecule has 1 saturated heterocycles. The first-order valence-electron chi connectivity index (χ1n) is 5.92. The van der Waals surface area contributed by atoms with Crippen molar-refractivity contribution >= 4 is 12.0 Å². The maximum Gasteiger partial charge on any atom is 0.408 e. The summed E-state index contributed by atoms with van der Waals surface area (Å²) in [5.74, 6) is -0.237. The molecule has 7 heteroatoms. The van der Waals surface area contributed by atoms with Crippen LogP contribution in [0.5, 0.6) is 0 Å². The third kappa shape index (κ3) is 3.11. The smallest absolute Gasteiger partial charge is 0.408 e. The summed E-state index contributed by atoms with van der Waals surface area (Å²) in [6.45, 7) is 2.50. The Labute approximate surface area is 106 Å². The zero-order valence-electron chi connectivity index (χ0n) is 10.7. The van der Waals surface area contributed by atoms with E-state index in [0.717, 1.165) is 4.90 Å². The number of carboxylic acid groups (broad SMARTS) is 1. The molecule has 104 valence electrons. The molecule has 0 spiro atoms. The van der Waals surface area contributed by atoms with Crippen LogP contribution in [0.1, 0.15) is 13.3 Å². The van der Waals surface area contributed by atoms with Crippen molar-refractivity contribution in [2.24, 2.45) is 0 Å². The summed E-state index contributed by atoms with van der Waals surface area (Å²) in [5.41, 5.74) is 0. The first-order chi connectivity index (χ1) is 8.52. The quantitative estimate of drug-likeness (QED) is 0.701. The minimum Gasteiger partial charge on any atom is -0.465 e. The maximum absolute atomic E-state index is 12.1. The van der Waals surface area contributed by atoms with Crippen molar-refractivity contribution in [2.75, 3.05) is 33.4 Å². The predicted molar refractivity (Wildman–Crippen MR) is 63.3 cm³/mol. The fourth-order valence-corrected chi connectivity index (χ4v) is 2.19. The maximum atomic E-state index is 12.1. The van der Waals surface area contributed by atoms with Crippen LogP contribution >= 0.6 is 0 Å². The molecule has 2 amide bonds. The average Bonchev–Trinajstić information content (AvgIpc) is 2.32. The van der Waals surface area contributed by atoms with Gasteiger partial charge in [0.25, 0.3) is 0 Å². The molecular formula is C11H20N2O5. The van der Waals surface area contributed by atoms with Crippen LogP contribution in [0.25, 0.3) is 0 Å². The minimum absolute atomic E-state index is 0.0329. The van der Waals surface area contributed by atoms with Crippen molar-refractivity contribution < 1.29 is 24.5 Å². The summed E-state index contributed by atoms with van der Waals surface area (Å²) in [5, 5.41) is 17.9. The fourth-order valence-electron chi connectivity index (χ4n) is 2.19. The number of carbonyl (C=O) groups is 2. The Hall–Kier alpha value is -1.34. The third-order valence-corrected chi connectivity index (χ3v) is 3.20. The molecule has 2 atom stereocenters. The molecule has 0 aromatic rings. The highest BCUT2D eigenvalue weighted by Gasteiger charge is 2.37. The zero-order valence-corrected chi connectivity index (χ0v) is 10.7. The summed E-state index contributed by atoms with van der Waals surface area (Å²) in [4.78, 5) is 25.8. The van der Waals surface area contributed by atoms with Gasteiger partial charge in [0.1, 0.15) is 6.04 Å². The van der Waals surface area contributed by atoms with Gasteiger partial charge in [0.2, 0.25) is 5.91 Å². The molecule has 1 rings (SSSR count). The van der Waals surface area contributed by atoms with E-state index in [2.05, 4.69) is 0 Å². The van der Waals surface area contributed by atoms with Crippen LogP contribution in [-0.2, 0) is 9.53 Å². The molecule has 2 N–H and O–H groups in total. The number of nitrogens with zero attached hydrogens (tertiary/aromatic N) is 2. The molecule has 18 heavy (non-hydrogen) atoms. The molecule has 0 unspecified atom stereocenters. The highest BCUT2D eigenvalue weighted by molar-refractivity contribution is 5.86. The first kappa shape index (κ1) is 14.7. The van der Waals surface area contributed by atoms with Crippen molar-refractivity contribution in [1.82, 2.24) is 9.80 Å². The second kappa shape index (κ2) is 6.55. The lowest BCUT2D eigenvalue weighted by Crippen LogP contribution is -2.60. The third-order valence-electron chi connectivity index (χ3n) is 3.20. The van der Waals surface area contributed by atoms with Gasteiger partial charge < -0.3 is 19.8 Å². The van der Waals surface area contributed by atoms with E-state index in [1.807, 2.05) is 0 Å². The van der Waals surface area contributed by atoms with Gasteiger partial charge in [-0.05, 0) is 13.3 Å². The van der Waals surface area contributed by atoms with Gasteiger partial charge in [0, 0.05) is 26.8 Å². The number of aliphatic hydroxyl groups excluding tert-OH is 1. The first-order valence-corrected chi connectivity index (χ1v) is 5.92. The SMILES string of the molecule is COC[C@H](CCO)N1CCN(C(=O)O)[C@@H](C)C1=O. The van der Waals surface area contributed by atoms with E-state index in [-0.39, 0.29) is 25.1 Å². The molecule has 0 aliphatic carbocycles. The van der Waals surface area contributed by atoms with E-state index >= 15 is 0 Å². The number of ether oxygens (including phenoxy) is 1. The van der Waals surface area contributed by atoms with Gasteiger partial charge in [-0.3, -0.25) is 9.69 Å². The van der Waals surface area contributed by atoms with Gasteiger partial charge >= 0.3 is 6.09 Å². The van der Waals surface area contributed by atoms with Crippen LogP contribution in [0.3, 0.4) is 0 Å². The second-order valence-electron chi connectivity index (χ2n) is 4.31. The second-order valence-corrected chi connectivity index (χ2v) is 4.31. The molecule has 0 saturated carbocycles. The van der Waals surface area contributed by atoms with E-state index in [9.17, 15) is 9.59 Å². The number of piperazine rings is 1. The number of methoxy groups -OCH3 is 1. The van der Waals surface area contributed by atoms with E-state index < -0.39 is 12.1 Å². The fraction of sp³-hybridized carbons (Fsp3) is 0.818. The molecule has 0 radical (unpaired) electrons. The lowest BCUT2D eigenvalue weighted by atomic mass is 10.1. The minimum atomic E-state index is -1.08. The Morgan fingerprint density at radius 1 is 1.56 bits per heavy atom. The molecule has 0 aromatic heterocycles. The van der Waals surface area contributed by atoms with Crippen LogP contribution in [0, 0.1) is 0 Å². The van der Waals surface area contributed by atoms with Crippen LogP contribution in [0.2, 0.25) is 0 Å². The molecular weight excluding hydrogens is 240 g/mol. The number of hydrogen-bond acceptors (Lipinski definition) is 4. The summed E-state index contributed by atoms with van der Waals surface area (Å²) in [7, 11) is 1.53. The monoisotopic (exact) mass is 260 g/mol. The Bertz CT molecular complexity index is 304. The summed E-state index contributed by atoms with van der Waals surface area (Å²) < 4.78 is 5.03. The van der Waals surface area contributed by atoms with E-state index in [1.165, 1.54) is 7.11 Å². The zero-order chi connectivity index (χ0) is 13.7. The predicted octanol–water partition coefficient (Wildman–Crippen LogP) is -0.405. The Morgan fingerprint density at radius 2 is 2.22 bits per heavy atom. The van der Waals surface area contributed by atoms with Crippen LogP contribution < -0.4 is 0 Å². The molecule has 1 aliphatic rings. The van der Waals surface area contributed by atoms with E-state index in [4.69, 9.17) is 14.9 Å². The van der Waals surface area contributed by atoms with Crippen molar-refractivity contribution in [3.05, 3.63) is 0 Å². The van der Waals surface area contributed by atoms with Crippen LogP contribution in [-0.4, -0.2) is 77.5 Å². The van der Waals surface area contributed by atoms with Gasteiger partial charge in [-0.25, -0.2) is 4.79 Å². The molecule has 1 fully saturated rings. The van der Waals surface area contributed by atoms with Crippen molar-refractivity contribution in [3.8, 4) is 0 Å². The summed E-state index contributed by atoms with van der Waals surface area (Å²) in [6.07, 6.45) is -0.653. The lowest BCUT2D eigenvalue weighted by molar-refractivity contribution is -0.144. The molecule has 7 nitrogen and oxygen atoms in total. The molecule has 0 aromatic carbocycles. The highest BCUT2D eigenvalue weighted by Crippen LogP contribution is 2.16. The largest absolute Gasteiger partial charge is 0.465 e. The highest BCUT2D eigenvalue weighted by atomic mass is 16.5. The Morgan fingerprint density at radius 3 is 2.72 bits per heavy atom. The van der Waals surface area contributed by atoms with Gasteiger partial charge in [-0.15, -0.1) is 0 Å². The summed E-state index contributed by atoms with van der Waals surface area (Å²) >= 11 is 0. The van der Waals surface area contributed by atoms with Crippen LogP contribution in [0.4, 0.5) is 4.79 Å². The Balaban J connectivity index is 2.74. The molecule has 1 aliphatic heterocycles. The standard InChI is InChI=1S/C11H20N2O5/c1-8-10(15)13(5-4-12(8)11(16)17)9(3-6-14)7-18-2/h8-9,14H,3-7H2,1-2H3,(H,16,17)/t8-,9-/m0/s1. The van der Waals surface area contributed by atoms with Crippen LogP contribution in [0.15, 0.2) is 0 Å². The normalized spacial score (nSPS) is 22.2. The molecule has 0 bridgehead atoms. The van der Waals surface area contributed by atoms with Crippen molar-refractivity contribution in [3.63, 3.8) is 0 Å². The van der Waals surface area contributed by atoms with Gasteiger partial charge in [0.05, 0.1) is 12.6 Å². The lowest BCUT2D eigenvalue weighted by Gasteiger charge is -2.41. The van der Waals surface area contributed by atoms with Crippen molar-refractivity contribution in [1.29, 1.82) is 0 Å². The van der Waals surface area contributed by atoms with E-state index in [0.29, 0.717) is 19.6 Å². The average molecular weight is 260 g/mol. The van der Waals surface area contributed by atoms with Gasteiger partial charge in [-0.1, -0.05) is 0 Å². The number of amides is 2. The van der Waals surface area contributed by atoms with E-state index in [1.54, 1.807) is 11.8 Å². The number of aliphatic hydroxyl groups is 1. The molecule has 1 heterocycles. The topological polar surface area (TPSA) is 90.3 Å². The summed E-state index contributed by atoms with van der Waals surface area (Å²) in [6, 6.07) is -0.889. The Kier molecular flexibility index (Phi) is 5.36. The van der Waals surface area contributed by atoms with Gasteiger partial charge in [0.15, 0.2) is 0 Å².